The van der Waals surface area contributed by atoms with Gasteiger partial charge in [0, 0.05) is 6.04 Å². The van der Waals surface area contributed by atoms with Crippen LogP contribution in [0, 0.1) is 20.8 Å². The number of carbonyl (C=O) groups is 1. The summed E-state index contributed by atoms with van der Waals surface area (Å²) >= 11 is 0. The first-order valence-corrected chi connectivity index (χ1v) is 9.60. The standard InChI is InChI=1S/C19H24N2O3S/c1-12(2)20-19(22)16-8-6-7-9-17(16)21-25(23,24)18-14(4)10-13(3)11-15(18)5/h6-12,21H,1-5H3,(H,20,22). The fraction of sp³-hybridized carbons (Fsp3) is 0.316. The number of rotatable bonds is 5. The second kappa shape index (κ2) is 7.27. The second-order valence-corrected chi connectivity index (χ2v) is 8.13. The van der Waals surface area contributed by atoms with E-state index in [2.05, 4.69) is 10.0 Å². The molecule has 0 atom stereocenters. The lowest BCUT2D eigenvalue weighted by Gasteiger charge is -2.16. The number of carbonyl (C=O) groups excluding carboxylic acids is 1. The average Bonchev–Trinajstić information content (AvgIpc) is 2.44. The molecule has 1 amide bonds. The molecule has 0 unspecified atom stereocenters. The zero-order valence-corrected chi connectivity index (χ0v) is 16.0. The minimum absolute atomic E-state index is 0.0428. The molecular weight excluding hydrogens is 336 g/mol. The molecular formula is C19H24N2O3S. The number of sulfonamides is 1. The van der Waals surface area contributed by atoms with E-state index in [-0.39, 0.29) is 22.5 Å². The SMILES string of the molecule is Cc1cc(C)c(S(=O)(=O)Nc2ccccc2C(=O)NC(C)C)c(C)c1. The third kappa shape index (κ3) is 4.39. The van der Waals surface area contributed by atoms with Crippen molar-refractivity contribution in [2.45, 2.75) is 45.6 Å². The number of anilines is 1. The molecule has 6 heteroatoms. The van der Waals surface area contributed by atoms with Crippen LogP contribution >= 0.6 is 0 Å². The van der Waals surface area contributed by atoms with Crippen LogP contribution in [0.4, 0.5) is 5.69 Å². The highest BCUT2D eigenvalue weighted by molar-refractivity contribution is 7.92. The Morgan fingerprint density at radius 3 is 2.12 bits per heavy atom. The highest BCUT2D eigenvalue weighted by Gasteiger charge is 2.22. The molecule has 0 saturated carbocycles. The molecule has 0 aliphatic rings. The summed E-state index contributed by atoms with van der Waals surface area (Å²) in [4.78, 5) is 12.6. The maximum atomic E-state index is 12.9. The maximum Gasteiger partial charge on any atom is 0.262 e. The minimum Gasteiger partial charge on any atom is -0.350 e. The number of benzene rings is 2. The molecule has 0 heterocycles. The predicted octanol–water partition coefficient (Wildman–Crippen LogP) is 3.55. The summed E-state index contributed by atoms with van der Waals surface area (Å²) in [7, 11) is -3.81. The van der Waals surface area contributed by atoms with E-state index in [1.807, 2.05) is 32.9 Å². The highest BCUT2D eigenvalue weighted by Crippen LogP contribution is 2.26. The molecule has 0 aliphatic heterocycles. The van der Waals surface area contributed by atoms with E-state index < -0.39 is 10.0 Å². The number of hydrogen-bond donors (Lipinski definition) is 2. The fourth-order valence-electron chi connectivity index (χ4n) is 2.90. The molecule has 0 fully saturated rings. The lowest BCUT2D eigenvalue weighted by molar-refractivity contribution is 0.0944. The van der Waals surface area contributed by atoms with E-state index >= 15 is 0 Å². The van der Waals surface area contributed by atoms with Gasteiger partial charge in [0.1, 0.15) is 0 Å². The lowest BCUT2D eigenvalue weighted by atomic mass is 10.1. The van der Waals surface area contributed by atoms with Crippen LogP contribution in [0.1, 0.15) is 40.9 Å². The molecule has 0 saturated heterocycles. The number of aryl methyl sites for hydroxylation is 3. The van der Waals surface area contributed by atoms with E-state index in [0.29, 0.717) is 16.7 Å². The van der Waals surface area contributed by atoms with Crippen molar-refractivity contribution in [3.63, 3.8) is 0 Å². The number of amides is 1. The number of nitrogens with one attached hydrogen (secondary N) is 2. The largest absolute Gasteiger partial charge is 0.350 e. The van der Waals surface area contributed by atoms with Crippen molar-refractivity contribution in [1.82, 2.24) is 5.32 Å². The van der Waals surface area contributed by atoms with E-state index in [0.717, 1.165) is 5.56 Å². The van der Waals surface area contributed by atoms with Crippen LogP contribution in [-0.2, 0) is 10.0 Å². The Balaban J connectivity index is 2.45. The normalized spacial score (nSPS) is 11.4. The number of hydrogen-bond acceptors (Lipinski definition) is 3. The quantitative estimate of drug-likeness (QED) is 0.856. The molecule has 134 valence electrons. The molecule has 5 nitrogen and oxygen atoms in total. The van der Waals surface area contributed by atoms with Gasteiger partial charge in [-0.15, -0.1) is 0 Å². The zero-order chi connectivity index (χ0) is 18.8. The minimum atomic E-state index is -3.81. The van der Waals surface area contributed by atoms with E-state index in [1.165, 1.54) is 0 Å². The Morgan fingerprint density at radius 2 is 1.56 bits per heavy atom. The Morgan fingerprint density at radius 1 is 1.00 bits per heavy atom. The topological polar surface area (TPSA) is 75.3 Å². The van der Waals surface area contributed by atoms with Gasteiger partial charge < -0.3 is 5.32 Å². The van der Waals surface area contributed by atoms with Crippen LogP contribution in [0.5, 0.6) is 0 Å². The van der Waals surface area contributed by atoms with Crippen LogP contribution in [-0.4, -0.2) is 20.4 Å². The molecule has 0 spiro atoms. The Kier molecular flexibility index (Phi) is 5.52. The summed E-state index contributed by atoms with van der Waals surface area (Å²) in [5.41, 5.74) is 2.91. The summed E-state index contributed by atoms with van der Waals surface area (Å²) in [6.45, 7) is 9.17. The summed E-state index contributed by atoms with van der Waals surface area (Å²) in [5.74, 6) is -0.314. The van der Waals surface area contributed by atoms with Gasteiger partial charge in [-0.05, 0) is 57.9 Å². The fourth-order valence-corrected chi connectivity index (χ4v) is 4.43. The van der Waals surface area contributed by atoms with Gasteiger partial charge in [0.15, 0.2) is 0 Å². The van der Waals surface area contributed by atoms with Gasteiger partial charge in [0.25, 0.3) is 15.9 Å². The molecule has 0 aromatic heterocycles. The molecule has 0 bridgehead atoms. The summed E-state index contributed by atoms with van der Waals surface area (Å²) in [6, 6.07) is 10.2. The molecule has 2 N–H and O–H groups in total. The van der Waals surface area contributed by atoms with Crippen molar-refractivity contribution in [3.8, 4) is 0 Å². The van der Waals surface area contributed by atoms with Gasteiger partial charge in [-0.25, -0.2) is 8.42 Å². The molecule has 25 heavy (non-hydrogen) atoms. The molecule has 2 rings (SSSR count). The van der Waals surface area contributed by atoms with Gasteiger partial charge in [0.05, 0.1) is 16.1 Å². The van der Waals surface area contributed by atoms with Crippen LogP contribution < -0.4 is 10.0 Å². The average molecular weight is 360 g/mol. The van der Waals surface area contributed by atoms with Gasteiger partial charge in [-0.2, -0.15) is 0 Å². The van der Waals surface area contributed by atoms with E-state index in [4.69, 9.17) is 0 Å². The zero-order valence-electron chi connectivity index (χ0n) is 15.2. The molecule has 2 aromatic carbocycles. The first kappa shape index (κ1) is 19.0. The smallest absolute Gasteiger partial charge is 0.262 e. The van der Waals surface area contributed by atoms with Crippen molar-refractivity contribution in [2.24, 2.45) is 0 Å². The van der Waals surface area contributed by atoms with Crippen molar-refractivity contribution >= 4 is 21.6 Å². The van der Waals surface area contributed by atoms with Crippen LogP contribution in [0.2, 0.25) is 0 Å². The third-order valence-corrected chi connectivity index (χ3v) is 5.38. The summed E-state index contributed by atoms with van der Waals surface area (Å²) in [5, 5.41) is 2.78. The van der Waals surface area contributed by atoms with Gasteiger partial charge in [-0.1, -0.05) is 29.8 Å². The first-order valence-electron chi connectivity index (χ1n) is 8.12. The lowest BCUT2D eigenvalue weighted by Crippen LogP contribution is -2.31. The van der Waals surface area contributed by atoms with Crippen molar-refractivity contribution < 1.29 is 13.2 Å². The van der Waals surface area contributed by atoms with Crippen molar-refractivity contribution in [3.05, 3.63) is 58.7 Å². The second-order valence-electron chi connectivity index (χ2n) is 6.51. The summed E-state index contributed by atoms with van der Waals surface area (Å²) < 4.78 is 28.4. The van der Waals surface area contributed by atoms with E-state index in [1.54, 1.807) is 38.1 Å². The van der Waals surface area contributed by atoms with Gasteiger partial charge in [-0.3, -0.25) is 9.52 Å². The Bertz CT molecular complexity index is 880. The third-order valence-electron chi connectivity index (χ3n) is 3.71. The molecule has 0 aliphatic carbocycles. The van der Waals surface area contributed by atoms with Crippen molar-refractivity contribution in [1.29, 1.82) is 0 Å². The summed E-state index contributed by atoms with van der Waals surface area (Å²) in [6.07, 6.45) is 0. The van der Waals surface area contributed by atoms with Crippen LogP contribution in [0.15, 0.2) is 41.3 Å². The predicted molar refractivity (Wildman–Crippen MR) is 101 cm³/mol. The Labute approximate surface area is 149 Å². The van der Waals surface area contributed by atoms with Gasteiger partial charge >= 0.3 is 0 Å². The maximum absolute atomic E-state index is 12.9. The monoisotopic (exact) mass is 360 g/mol. The Hall–Kier alpha value is -2.34. The number of para-hydroxylation sites is 1. The van der Waals surface area contributed by atoms with E-state index in [9.17, 15) is 13.2 Å². The first-order chi connectivity index (χ1) is 11.6. The van der Waals surface area contributed by atoms with Gasteiger partial charge in [0.2, 0.25) is 0 Å². The van der Waals surface area contributed by atoms with Crippen molar-refractivity contribution in [2.75, 3.05) is 4.72 Å². The highest BCUT2D eigenvalue weighted by atomic mass is 32.2. The molecule has 2 aromatic rings. The van der Waals surface area contributed by atoms with Crippen LogP contribution in [0.3, 0.4) is 0 Å². The van der Waals surface area contributed by atoms with Crippen LogP contribution in [0.25, 0.3) is 0 Å². The molecule has 0 radical (unpaired) electrons.